The van der Waals surface area contributed by atoms with Gasteiger partial charge in [-0.25, -0.2) is 0 Å². The number of hydrogen-bond donors (Lipinski definition) is 1. The number of piperidine rings is 1. The molecule has 1 aliphatic heterocycles. The highest BCUT2D eigenvalue weighted by Gasteiger charge is 2.24. The monoisotopic (exact) mass is 342 g/mol. The van der Waals surface area contributed by atoms with Crippen LogP contribution in [0.3, 0.4) is 0 Å². The summed E-state index contributed by atoms with van der Waals surface area (Å²) in [5, 5.41) is 7.43. The summed E-state index contributed by atoms with van der Waals surface area (Å²) < 4.78 is 7.28. The van der Waals surface area contributed by atoms with Gasteiger partial charge in [-0.1, -0.05) is 6.07 Å². The third kappa shape index (κ3) is 4.60. The lowest BCUT2D eigenvalue weighted by Gasteiger charge is -2.32. The van der Waals surface area contributed by atoms with Crippen LogP contribution in [0, 0.1) is 5.92 Å². The predicted molar refractivity (Wildman–Crippen MR) is 98.1 cm³/mol. The maximum absolute atomic E-state index is 12.9. The standard InChI is InChI=1S/C19H26N4O2/c1-3-25-14-15-6-5-9-23(12-15)19(24)16-7-4-8-17(10-16)21-18-11-20-22(2)13-18/h4,7-8,10-11,13,15,21H,3,5-6,9,12,14H2,1-2H3/t15-/m0/s1. The molecule has 3 rings (SSSR count). The molecule has 134 valence electrons. The maximum Gasteiger partial charge on any atom is 0.253 e. The van der Waals surface area contributed by atoms with Crippen molar-refractivity contribution in [3.05, 3.63) is 42.2 Å². The summed E-state index contributed by atoms with van der Waals surface area (Å²) in [4.78, 5) is 14.8. The van der Waals surface area contributed by atoms with E-state index < -0.39 is 0 Å². The highest BCUT2D eigenvalue weighted by Crippen LogP contribution is 2.21. The van der Waals surface area contributed by atoms with Gasteiger partial charge in [0.1, 0.15) is 0 Å². The number of aromatic nitrogens is 2. The Balaban J connectivity index is 1.66. The quantitative estimate of drug-likeness (QED) is 0.876. The molecule has 1 fully saturated rings. The van der Waals surface area contributed by atoms with E-state index in [0.29, 0.717) is 11.5 Å². The van der Waals surface area contributed by atoms with Gasteiger partial charge in [-0.05, 0) is 43.9 Å². The Bertz CT molecular complexity index is 713. The first kappa shape index (κ1) is 17.5. The third-order valence-corrected chi connectivity index (χ3v) is 4.47. The second kappa shape index (κ2) is 8.16. The fraction of sp³-hybridized carbons (Fsp3) is 0.474. The predicted octanol–water partition coefficient (Wildman–Crippen LogP) is 3.05. The molecule has 1 aromatic heterocycles. The van der Waals surface area contributed by atoms with E-state index in [4.69, 9.17) is 4.74 Å². The number of carbonyl (C=O) groups excluding carboxylic acids is 1. The Morgan fingerprint density at radius 2 is 2.28 bits per heavy atom. The number of likely N-dealkylation sites (tertiary alicyclic amines) is 1. The van der Waals surface area contributed by atoms with Crippen molar-refractivity contribution in [1.29, 1.82) is 0 Å². The van der Waals surface area contributed by atoms with Crippen molar-refractivity contribution < 1.29 is 9.53 Å². The van der Waals surface area contributed by atoms with Crippen LogP contribution in [0.1, 0.15) is 30.1 Å². The summed E-state index contributed by atoms with van der Waals surface area (Å²) in [7, 11) is 1.88. The average Bonchev–Trinajstić information content (AvgIpc) is 3.04. The molecule has 25 heavy (non-hydrogen) atoms. The Hall–Kier alpha value is -2.34. The summed E-state index contributed by atoms with van der Waals surface area (Å²) in [5.74, 6) is 0.533. The minimum absolute atomic E-state index is 0.0936. The van der Waals surface area contributed by atoms with E-state index in [1.807, 2.05) is 49.3 Å². The molecule has 6 nitrogen and oxygen atoms in total. The van der Waals surface area contributed by atoms with E-state index in [9.17, 15) is 4.79 Å². The Morgan fingerprint density at radius 1 is 1.40 bits per heavy atom. The lowest BCUT2D eigenvalue weighted by Crippen LogP contribution is -2.41. The number of rotatable bonds is 6. The maximum atomic E-state index is 12.9. The van der Waals surface area contributed by atoms with Crippen molar-refractivity contribution in [2.45, 2.75) is 19.8 Å². The number of benzene rings is 1. The molecular weight excluding hydrogens is 316 g/mol. The molecule has 6 heteroatoms. The number of nitrogens with one attached hydrogen (secondary N) is 1. The molecule has 1 aliphatic rings. The number of hydrogen-bond acceptors (Lipinski definition) is 4. The number of ether oxygens (including phenoxy) is 1. The van der Waals surface area contributed by atoms with E-state index in [0.717, 1.165) is 50.5 Å². The smallest absolute Gasteiger partial charge is 0.253 e. The van der Waals surface area contributed by atoms with Gasteiger partial charge in [0, 0.05) is 44.2 Å². The second-order valence-corrected chi connectivity index (χ2v) is 6.53. The molecule has 1 aromatic carbocycles. The van der Waals surface area contributed by atoms with E-state index in [1.165, 1.54) is 0 Å². The zero-order valence-corrected chi connectivity index (χ0v) is 14.9. The van der Waals surface area contributed by atoms with Crippen LogP contribution in [-0.2, 0) is 11.8 Å². The molecule has 0 saturated carbocycles. The van der Waals surface area contributed by atoms with Gasteiger partial charge in [0.2, 0.25) is 0 Å². The van der Waals surface area contributed by atoms with Gasteiger partial charge in [0.15, 0.2) is 0 Å². The fourth-order valence-corrected chi connectivity index (χ4v) is 3.24. The first-order valence-corrected chi connectivity index (χ1v) is 8.88. The molecular formula is C19H26N4O2. The Labute approximate surface area is 148 Å². The minimum Gasteiger partial charge on any atom is -0.381 e. The van der Waals surface area contributed by atoms with Crippen molar-refractivity contribution in [2.24, 2.45) is 13.0 Å². The lowest BCUT2D eigenvalue weighted by molar-refractivity contribution is 0.0501. The molecule has 1 atom stereocenters. The van der Waals surface area contributed by atoms with E-state index >= 15 is 0 Å². The lowest BCUT2D eigenvalue weighted by atomic mass is 9.98. The first-order valence-electron chi connectivity index (χ1n) is 8.88. The van der Waals surface area contributed by atoms with Crippen molar-refractivity contribution in [3.63, 3.8) is 0 Å². The van der Waals surface area contributed by atoms with Gasteiger partial charge in [-0.2, -0.15) is 5.10 Å². The van der Waals surface area contributed by atoms with E-state index in [1.54, 1.807) is 10.9 Å². The Morgan fingerprint density at radius 3 is 3.04 bits per heavy atom. The number of anilines is 2. The Kier molecular flexibility index (Phi) is 5.71. The summed E-state index contributed by atoms with van der Waals surface area (Å²) in [6, 6.07) is 7.65. The van der Waals surface area contributed by atoms with E-state index in [2.05, 4.69) is 10.4 Å². The average molecular weight is 342 g/mol. The van der Waals surface area contributed by atoms with Gasteiger partial charge >= 0.3 is 0 Å². The molecule has 2 heterocycles. The summed E-state index contributed by atoms with van der Waals surface area (Å²) in [5.41, 5.74) is 2.51. The van der Waals surface area contributed by atoms with Crippen LogP contribution in [0.4, 0.5) is 11.4 Å². The van der Waals surface area contributed by atoms with Gasteiger partial charge in [-0.3, -0.25) is 9.48 Å². The molecule has 0 aliphatic carbocycles. The molecule has 0 spiro atoms. The van der Waals surface area contributed by atoms with Gasteiger partial charge in [-0.15, -0.1) is 0 Å². The van der Waals surface area contributed by atoms with Crippen LogP contribution < -0.4 is 5.32 Å². The van der Waals surface area contributed by atoms with Gasteiger partial charge in [0.05, 0.1) is 18.5 Å². The van der Waals surface area contributed by atoms with Gasteiger partial charge < -0.3 is 15.0 Å². The van der Waals surface area contributed by atoms with Crippen molar-refractivity contribution in [3.8, 4) is 0 Å². The van der Waals surface area contributed by atoms with Crippen molar-refractivity contribution >= 4 is 17.3 Å². The van der Waals surface area contributed by atoms with Gasteiger partial charge in [0.25, 0.3) is 5.91 Å². The van der Waals surface area contributed by atoms with Crippen molar-refractivity contribution in [2.75, 3.05) is 31.6 Å². The number of carbonyl (C=O) groups is 1. The molecule has 0 radical (unpaired) electrons. The second-order valence-electron chi connectivity index (χ2n) is 6.53. The third-order valence-electron chi connectivity index (χ3n) is 4.47. The number of nitrogens with zero attached hydrogens (tertiary/aromatic N) is 3. The molecule has 2 aromatic rings. The summed E-state index contributed by atoms with van der Waals surface area (Å²) >= 11 is 0. The molecule has 1 N–H and O–H groups in total. The largest absolute Gasteiger partial charge is 0.381 e. The number of aryl methyl sites for hydroxylation is 1. The van der Waals surface area contributed by atoms with Crippen LogP contribution in [0.25, 0.3) is 0 Å². The summed E-state index contributed by atoms with van der Waals surface area (Å²) in [6.07, 6.45) is 5.83. The molecule has 1 amide bonds. The first-order chi connectivity index (χ1) is 12.2. The van der Waals surface area contributed by atoms with Crippen molar-refractivity contribution in [1.82, 2.24) is 14.7 Å². The highest BCUT2D eigenvalue weighted by molar-refractivity contribution is 5.95. The topological polar surface area (TPSA) is 59.4 Å². The number of amides is 1. The normalized spacial score (nSPS) is 17.5. The van der Waals surface area contributed by atoms with Crippen LogP contribution in [0.2, 0.25) is 0 Å². The SMILES string of the molecule is CCOC[C@H]1CCCN(C(=O)c2cccc(Nc3cnn(C)c3)c2)C1. The van der Waals surface area contributed by atoms with E-state index in [-0.39, 0.29) is 5.91 Å². The van der Waals surface area contributed by atoms with Crippen LogP contribution in [-0.4, -0.2) is 46.9 Å². The molecule has 0 bridgehead atoms. The zero-order valence-electron chi connectivity index (χ0n) is 14.9. The summed E-state index contributed by atoms with van der Waals surface area (Å²) in [6.45, 7) is 5.07. The molecule has 1 saturated heterocycles. The van der Waals surface area contributed by atoms with Crippen LogP contribution in [0.15, 0.2) is 36.7 Å². The van der Waals surface area contributed by atoms with Crippen LogP contribution in [0.5, 0.6) is 0 Å². The fourth-order valence-electron chi connectivity index (χ4n) is 3.24. The zero-order chi connectivity index (χ0) is 17.6. The molecule has 0 unspecified atom stereocenters. The highest BCUT2D eigenvalue weighted by atomic mass is 16.5. The minimum atomic E-state index is 0.0936. The van der Waals surface area contributed by atoms with Crippen LogP contribution >= 0.6 is 0 Å².